The first-order valence-electron chi connectivity index (χ1n) is 6.17. The summed E-state index contributed by atoms with van der Waals surface area (Å²) in [4.78, 5) is 0. The van der Waals surface area contributed by atoms with E-state index in [0.717, 1.165) is 18.4 Å². The molecule has 3 unspecified atom stereocenters. The molecule has 1 aliphatic carbocycles. The van der Waals surface area contributed by atoms with E-state index in [-0.39, 0.29) is 5.82 Å². The Morgan fingerprint density at radius 2 is 2.06 bits per heavy atom. The first-order chi connectivity index (χ1) is 7.72. The summed E-state index contributed by atoms with van der Waals surface area (Å²) in [5, 5.41) is 0. The molecule has 0 aliphatic heterocycles. The average molecular weight is 221 g/mol. The lowest BCUT2D eigenvalue weighted by Crippen LogP contribution is -2.28. The van der Waals surface area contributed by atoms with E-state index in [4.69, 9.17) is 5.73 Å². The predicted octanol–water partition coefficient (Wildman–Crippen LogP) is 3.30. The van der Waals surface area contributed by atoms with E-state index < -0.39 is 0 Å². The van der Waals surface area contributed by atoms with Gasteiger partial charge >= 0.3 is 0 Å². The summed E-state index contributed by atoms with van der Waals surface area (Å²) < 4.78 is 13.8. The highest BCUT2D eigenvalue weighted by atomic mass is 19.1. The first-order valence-corrected chi connectivity index (χ1v) is 6.17. The second-order valence-corrected chi connectivity index (χ2v) is 5.04. The summed E-state index contributed by atoms with van der Waals surface area (Å²) in [7, 11) is 0. The Morgan fingerprint density at radius 3 is 2.75 bits per heavy atom. The van der Waals surface area contributed by atoms with Crippen molar-refractivity contribution in [3.05, 3.63) is 35.6 Å². The van der Waals surface area contributed by atoms with Crippen molar-refractivity contribution in [3.63, 3.8) is 0 Å². The van der Waals surface area contributed by atoms with Crippen molar-refractivity contribution in [1.82, 2.24) is 0 Å². The van der Waals surface area contributed by atoms with Crippen LogP contribution in [0.4, 0.5) is 4.39 Å². The quantitative estimate of drug-likeness (QED) is 0.814. The smallest absolute Gasteiger partial charge is 0.126 e. The summed E-state index contributed by atoms with van der Waals surface area (Å²) in [5.41, 5.74) is 6.67. The number of rotatable bonds is 2. The van der Waals surface area contributed by atoms with Crippen molar-refractivity contribution in [2.75, 3.05) is 6.54 Å². The molecule has 0 heterocycles. The van der Waals surface area contributed by atoms with Crippen molar-refractivity contribution < 1.29 is 4.39 Å². The molecule has 88 valence electrons. The van der Waals surface area contributed by atoms with Gasteiger partial charge in [0.25, 0.3) is 0 Å². The fraction of sp³-hybridized carbons (Fsp3) is 0.571. The number of nitrogens with two attached hydrogens (primary N) is 1. The van der Waals surface area contributed by atoms with E-state index in [2.05, 4.69) is 6.92 Å². The van der Waals surface area contributed by atoms with Gasteiger partial charge in [-0.1, -0.05) is 31.5 Å². The van der Waals surface area contributed by atoms with Gasteiger partial charge in [-0.3, -0.25) is 0 Å². The highest BCUT2D eigenvalue weighted by Gasteiger charge is 2.30. The summed E-state index contributed by atoms with van der Waals surface area (Å²) in [6.07, 6.45) is 3.44. The maximum Gasteiger partial charge on any atom is 0.126 e. The molecule has 2 rings (SSSR count). The lowest BCUT2D eigenvalue weighted by atomic mass is 9.71. The lowest BCUT2D eigenvalue weighted by molar-refractivity contribution is 0.249. The largest absolute Gasteiger partial charge is 0.330 e. The molecule has 0 saturated heterocycles. The Bertz CT molecular complexity index is 350. The van der Waals surface area contributed by atoms with Gasteiger partial charge in [0.2, 0.25) is 0 Å². The summed E-state index contributed by atoms with van der Waals surface area (Å²) in [5.74, 6) is 1.38. The zero-order valence-corrected chi connectivity index (χ0v) is 9.83. The van der Waals surface area contributed by atoms with Crippen LogP contribution < -0.4 is 5.73 Å². The van der Waals surface area contributed by atoms with Crippen LogP contribution in [0.1, 0.15) is 37.7 Å². The zero-order valence-electron chi connectivity index (χ0n) is 9.83. The van der Waals surface area contributed by atoms with Gasteiger partial charge in [-0.15, -0.1) is 0 Å². The van der Waals surface area contributed by atoms with Crippen LogP contribution >= 0.6 is 0 Å². The second-order valence-electron chi connectivity index (χ2n) is 5.04. The van der Waals surface area contributed by atoms with Gasteiger partial charge in [0.05, 0.1) is 0 Å². The molecule has 16 heavy (non-hydrogen) atoms. The standard InChI is InChI=1S/C14H20FN/c1-10-6-7-11(9-16)13(8-10)12-4-2-3-5-14(12)15/h2-5,10-11,13H,6-9,16H2,1H3. The third kappa shape index (κ3) is 2.27. The van der Waals surface area contributed by atoms with Crippen LogP contribution in [0.5, 0.6) is 0 Å². The molecular formula is C14H20FN. The summed E-state index contributed by atoms with van der Waals surface area (Å²) in [6, 6.07) is 7.15. The van der Waals surface area contributed by atoms with Crippen LogP contribution in [0.3, 0.4) is 0 Å². The van der Waals surface area contributed by atoms with Gasteiger partial charge in [0.15, 0.2) is 0 Å². The van der Waals surface area contributed by atoms with E-state index in [0.29, 0.717) is 24.3 Å². The predicted molar refractivity (Wildman–Crippen MR) is 64.7 cm³/mol. The Morgan fingerprint density at radius 1 is 1.31 bits per heavy atom. The van der Waals surface area contributed by atoms with Gasteiger partial charge in [-0.25, -0.2) is 4.39 Å². The molecule has 0 aromatic heterocycles. The van der Waals surface area contributed by atoms with Crippen molar-refractivity contribution in [1.29, 1.82) is 0 Å². The Balaban J connectivity index is 2.26. The van der Waals surface area contributed by atoms with Gasteiger partial charge < -0.3 is 5.73 Å². The molecule has 0 bridgehead atoms. The molecule has 0 radical (unpaired) electrons. The third-order valence-electron chi connectivity index (χ3n) is 3.86. The molecule has 2 N–H and O–H groups in total. The Kier molecular flexibility index (Phi) is 3.59. The highest BCUT2D eigenvalue weighted by Crippen LogP contribution is 2.40. The molecule has 1 saturated carbocycles. The maximum atomic E-state index is 13.8. The van der Waals surface area contributed by atoms with Gasteiger partial charge in [-0.05, 0) is 48.8 Å². The molecular weight excluding hydrogens is 201 g/mol. The molecule has 1 fully saturated rings. The van der Waals surface area contributed by atoms with Crippen LogP contribution in [0.25, 0.3) is 0 Å². The van der Waals surface area contributed by atoms with Crippen LogP contribution in [0, 0.1) is 17.7 Å². The molecule has 1 aromatic rings. The van der Waals surface area contributed by atoms with Gasteiger partial charge in [0.1, 0.15) is 5.82 Å². The molecule has 1 aromatic carbocycles. The van der Waals surface area contributed by atoms with E-state index in [1.165, 1.54) is 6.42 Å². The van der Waals surface area contributed by atoms with Crippen molar-refractivity contribution in [3.8, 4) is 0 Å². The van der Waals surface area contributed by atoms with Crippen LogP contribution in [-0.4, -0.2) is 6.54 Å². The minimum atomic E-state index is -0.0694. The van der Waals surface area contributed by atoms with Crippen LogP contribution in [0.2, 0.25) is 0 Å². The van der Waals surface area contributed by atoms with E-state index in [1.54, 1.807) is 12.1 Å². The molecule has 2 heteroatoms. The number of hydrogen-bond donors (Lipinski definition) is 1. The SMILES string of the molecule is CC1CCC(CN)C(c2ccccc2F)C1. The summed E-state index contributed by atoms with van der Waals surface area (Å²) >= 11 is 0. The average Bonchev–Trinajstić information content (AvgIpc) is 2.29. The minimum Gasteiger partial charge on any atom is -0.330 e. The lowest BCUT2D eigenvalue weighted by Gasteiger charge is -2.34. The number of hydrogen-bond acceptors (Lipinski definition) is 1. The van der Waals surface area contributed by atoms with Crippen LogP contribution in [-0.2, 0) is 0 Å². The van der Waals surface area contributed by atoms with Crippen molar-refractivity contribution in [2.24, 2.45) is 17.6 Å². The Hall–Kier alpha value is -0.890. The topological polar surface area (TPSA) is 26.0 Å². The Labute approximate surface area is 96.9 Å². The number of benzene rings is 1. The fourth-order valence-electron chi connectivity index (χ4n) is 2.88. The number of halogens is 1. The molecule has 1 aliphatic rings. The normalized spacial score (nSPS) is 30.3. The second kappa shape index (κ2) is 4.96. The van der Waals surface area contributed by atoms with Gasteiger partial charge in [-0.2, -0.15) is 0 Å². The molecule has 0 amide bonds. The fourth-order valence-corrected chi connectivity index (χ4v) is 2.88. The van der Waals surface area contributed by atoms with Crippen molar-refractivity contribution >= 4 is 0 Å². The zero-order chi connectivity index (χ0) is 11.5. The van der Waals surface area contributed by atoms with Crippen molar-refractivity contribution in [2.45, 2.75) is 32.1 Å². The highest BCUT2D eigenvalue weighted by molar-refractivity contribution is 5.23. The summed E-state index contributed by atoms with van der Waals surface area (Å²) in [6.45, 7) is 2.92. The monoisotopic (exact) mass is 221 g/mol. The molecule has 1 nitrogen and oxygen atoms in total. The maximum absolute atomic E-state index is 13.8. The van der Waals surface area contributed by atoms with E-state index >= 15 is 0 Å². The van der Waals surface area contributed by atoms with Gasteiger partial charge in [0, 0.05) is 0 Å². The van der Waals surface area contributed by atoms with E-state index in [1.807, 2.05) is 12.1 Å². The third-order valence-corrected chi connectivity index (χ3v) is 3.86. The minimum absolute atomic E-state index is 0.0694. The van der Waals surface area contributed by atoms with Crippen LogP contribution in [0.15, 0.2) is 24.3 Å². The molecule has 3 atom stereocenters. The van der Waals surface area contributed by atoms with E-state index in [9.17, 15) is 4.39 Å². The molecule has 0 spiro atoms. The first kappa shape index (κ1) is 11.6.